The first-order valence-corrected chi connectivity index (χ1v) is 17.1. The molecule has 0 bridgehead atoms. The molecule has 2 atom stereocenters. The summed E-state index contributed by atoms with van der Waals surface area (Å²) in [6.45, 7) is 2.97. The fraction of sp³-hybridized carbons (Fsp3) is 0.394. The Hall–Kier alpha value is -3.88. The molecule has 0 radical (unpaired) electrons. The molecule has 12 nitrogen and oxygen atoms in total. The minimum absolute atomic E-state index is 0.0202. The molecule has 1 aromatic heterocycles. The van der Waals surface area contributed by atoms with Crippen molar-refractivity contribution in [2.75, 3.05) is 44.7 Å². The van der Waals surface area contributed by atoms with Crippen LogP contribution in [0.5, 0.6) is 11.5 Å². The van der Waals surface area contributed by atoms with Crippen molar-refractivity contribution in [1.82, 2.24) is 25.8 Å². The number of benzene rings is 2. The number of para-hydroxylation sites is 1. The number of nitrogens with one attached hydrogen (secondary N) is 3. The number of rotatable bonds is 14. The molecule has 14 heteroatoms. The van der Waals surface area contributed by atoms with Gasteiger partial charge in [0.1, 0.15) is 23.6 Å². The van der Waals surface area contributed by atoms with Gasteiger partial charge in [0, 0.05) is 62.8 Å². The molecule has 1 saturated heterocycles. The van der Waals surface area contributed by atoms with E-state index in [0.717, 1.165) is 11.3 Å². The predicted molar refractivity (Wildman–Crippen MR) is 187 cm³/mol. The van der Waals surface area contributed by atoms with E-state index in [-0.39, 0.29) is 24.6 Å². The number of nitrogens with zero attached hydrogens (tertiary/aromatic N) is 3. The minimum Gasteiger partial charge on any atom is -0.506 e. The first kappa shape index (κ1) is 36.0. The number of phenolic OH excluding ortho intramolecular Hbond substituents is 1. The summed E-state index contributed by atoms with van der Waals surface area (Å²) >= 11 is 6.68. The van der Waals surface area contributed by atoms with Gasteiger partial charge in [-0.2, -0.15) is 0 Å². The molecule has 4 amide bonds. The number of piperazine rings is 1. The van der Waals surface area contributed by atoms with Crippen molar-refractivity contribution in [1.29, 1.82) is 0 Å². The van der Waals surface area contributed by atoms with E-state index in [4.69, 9.17) is 10.5 Å². The molecule has 3 aromatic rings. The Morgan fingerprint density at radius 3 is 2.32 bits per heavy atom. The average Bonchev–Trinajstić information content (AvgIpc) is 3.09. The van der Waals surface area contributed by atoms with Gasteiger partial charge in [0.05, 0.1) is 16.1 Å². The van der Waals surface area contributed by atoms with E-state index in [0.29, 0.717) is 72.2 Å². The number of aromatic nitrogens is 1. The smallest absolute Gasteiger partial charge is 0.315 e. The summed E-state index contributed by atoms with van der Waals surface area (Å²) < 4.78 is 6.24. The molecular weight excluding hydrogens is 734 g/mol. The Labute approximate surface area is 291 Å². The summed E-state index contributed by atoms with van der Waals surface area (Å²) in [5.41, 5.74) is 8.23. The van der Waals surface area contributed by atoms with Gasteiger partial charge in [-0.3, -0.25) is 14.6 Å². The Kier molecular flexibility index (Phi) is 13.7. The third-order valence-electron chi connectivity index (χ3n) is 7.95. The molecule has 1 aliphatic heterocycles. The number of hydrogen-bond donors (Lipinski definition) is 5. The summed E-state index contributed by atoms with van der Waals surface area (Å²) in [5, 5.41) is 18.7. The van der Waals surface area contributed by atoms with Crippen LogP contribution in [-0.4, -0.2) is 84.8 Å². The molecule has 47 heavy (non-hydrogen) atoms. The quantitative estimate of drug-likeness (QED) is 0.155. The maximum atomic E-state index is 13.9. The third-order valence-corrected chi connectivity index (χ3v) is 9.16. The van der Waals surface area contributed by atoms with Crippen LogP contribution >= 0.6 is 31.9 Å². The van der Waals surface area contributed by atoms with Crippen molar-refractivity contribution in [3.05, 3.63) is 81.0 Å². The van der Waals surface area contributed by atoms with Crippen LogP contribution in [0.3, 0.4) is 0 Å². The molecule has 4 rings (SSSR count). The summed E-state index contributed by atoms with van der Waals surface area (Å²) in [6.07, 6.45) is 5.36. The number of aromatic hydroxyl groups is 1. The van der Waals surface area contributed by atoms with Crippen LogP contribution in [-0.2, 0) is 22.6 Å². The first-order chi connectivity index (χ1) is 22.7. The van der Waals surface area contributed by atoms with E-state index in [1.165, 1.54) is 0 Å². The van der Waals surface area contributed by atoms with Crippen molar-refractivity contribution >= 4 is 55.4 Å². The van der Waals surface area contributed by atoms with E-state index < -0.39 is 24.0 Å². The predicted octanol–water partition coefficient (Wildman–Crippen LogP) is 3.69. The summed E-state index contributed by atoms with van der Waals surface area (Å²) in [4.78, 5) is 48.9. The van der Waals surface area contributed by atoms with E-state index in [2.05, 4.69) is 57.7 Å². The number of hydrogen-bond acceptors (Lipinski definition) is 8. The standard InChI is InChI=1S/C33H41Br2N7O5/c1-47-29-8-3-2-6-23(29)21-38-33(46)40-28(20-22-18-25(34)30(43)26(35)19-22)31(44)39-27(7-4-5-11-36)32(45)42-16-14-41(15-17-42)24-9-12-37-13-10-24/h2-3,6,8-10,12-13,18-19,27-28,43H,4-5,7,11,14-17,20-21,36H2,1H3,(H,39,44)(H2,38,40,46)/t27-,28?/m0/s1. The molecule has 252 valence electrons. The van der Waals surface area contributed by atoms with Gasteiger partial charge in [-0.1, -0.05) is 18.2 Å². The average molecular weight is 776 g/mol. The van der Waals surface area contributed by atoms with Crippen molar-refractivity contribution in [2.45, 2.75) is 44.3 Å². The molecule has 1 fully saturated rings. The van der Waals surface area contributed by atoms with Crippen LogP contribution in [0.25, 0.3) is 0 Å². The lowest BCUT2D eigenvalue weighted by Gasteiger charge is -2.37. The summed E-state index contributed by atoms with van der Waals surface area (Å²) in [7, 11) is 1.55. The third kappa shape index (κ3) is 10.3. The number of ether oxygens (including phenoxy) is 1. The van der Waals surface area contributed by atoms with Crippen LogP contribution in [0.2, 0.25) is 0 Å². The minimum atomic E-state index is -1.04. The highest BCUT2D eigenvalue weighted by Gasteiger charge is 2.31. The number of amides is 4. The SMILES string of the molecule is COc1ccccc1CNC(=O)NC(Cc1cc(Br)c(O)c(Br)c1)C(=O)N[C@@H](CCCCN)C(=O)N1CCN(c2ccncc2)CC1. The lowest BCUT2D eigenvalue weighted by molar-refractivity contribution is -0.137. The van der Waals surface area contributed by atoms with Crippen LogP contribution < -0.4 is 31.3 Å². The van der Waals surface area contributed by atoms with Gasteiger partial charge in [-0.15, -0.1) is 0 Å². The van der Waals surface area contributed by atoms with Gasteiger partial charge in [0.25, 0.3) is 0 Å². The number of methoxy groups -OCH3 is 1. The Morgan fingerprint density at radius 1 is 0.979 bits per heavy atom. The topological polar surface area (TPSA) is 162 Å². The highest BCUT2D eigenvalue weighted by Crippen LogP contribution is 2.33. The molecule has 0 aliphatic carbocycles. The fourth-order valence-electron chi connectivity index (χ4n) is 5.40. The number of urea groups is 1. The van der Waals surface area contributed by atoms with Crippen LogP contribution in [0.4, 0.5) is 10.5 Å². The zero-order chi connectivity index (χ0) is 33.8. The van der Waals surface area contributed by atoms with Crippen molar-refractivity contribution in [3.8, 4) is 11.5 Å². The summed E-state index contributed by atoms with van der Waals surface area (Å²) in [6, 6.07) is 12.2. The fourth-order valence-corrected chi connectivity index (χ4v) is 6.68. The second-order valence-corrected chi connectivity index (χ2v) is 12.9. The highest BCUT2D eigenvalue weighted by molar-refractivity contribution is 9.11. The monoisotopic (exact) mass is 773 g/mol. The Bertz CT molecular complexity index is 1480. The van der Waals surface area contributed by atoms with E-state index in [1.807, 2.05) is 30.3 Å². The molecule has 0 saturated carbocycles. The van der Waals surface area contributed by atoms with Gasteiger partial charge in [-0.25, -0.2) is 4.79 Å². The number of carbonyl (C=O) groups excluding carboxylic acids is 3. The van der Waals surface area contributed by atoms with E-state index >= 15 is 0 Å². The zero-order valence-corrected chi connectivity index (χ0v) is 29.4. The number of phenols is 1. The Balaban J connectivity index is 1.48. The van der Waals surface area contributed by atoms with Crippen LogP contribution in [0.1, 0.15) is 30.4 Å². The van der Waals surface area contributed by atoms with Crippen molar-refractivity contribution < 1.29 is 24.2 Å². The van der Waals surface area contributed by atoms with E-state index in [1.54, 1.807) is 42.6 Å². The van der Waals surface area contributed by atoms with Gasteiger partial charge < -0.3 is 41.3 Å². The second-order valence-electron chi connectivity index (χ2n) is 11.2. The zero-order valence-electron chi connectivity index (χ0n) is 26.3. The molecule has 6 N–H and O–H groups in total. The highest BCUT2D eigenvalue weighted by atomic mass is 79.9. The van der Waals surface area contributed by atoms with E-state index in [9.17, 15) is 19.5 Å². The Morgan fingerprint density at radius 2 is 1.66 bits per heavy atom. The maximum Gasteiger partial charge on any atom is 0.315 e. The molecule has 2 heterocycles. The normalized spacial score (nSPS) is 14.2. The first-order valence-electron chi connectivity index (χ1n) is 15.5. The number of pyridine rings is 1. The van der Waals surface area contributed by atoms with Crippen molar-refractivity contribution in [3.63, 3.8) is 0 Å². The number of anilines is 1. The summed E-state index contributed by atoms with van der Waals surface area (Å²) in [5.74, 6) is -0.0216. The lowest BCUT2D eigenvalue weighted by atomic mass is 10.0. The van der Waals surface area contributed by atoms with Crippen LogP contribution in [0, 0.1) is 0 Å². The molecule has 2 aromatic carbocycles. The number of carbonyl (C=O) groups is 3. The van der Waals surface area contributed by atoms with Gasteiger partial charge in [-0.05, 0) is 93.6 Å². The van der Waals surface area contributed by atoms with Gasteiger partial charge in [0.2, 0.25) is 11.8 Å². The largest absolute Gasteiger partial charge is 0.506 e. The lowest BCUT2D eigenvalue weighted by Crippen LogP contribution is -2.58. The maximum absolute atomic E-state index is 13.9. The molecule has 1 unspecified atom stereocenters. The number of halogens is 2. The molecule has 1 aliphatic rings. The molecule has 0 spiro atoms. The van der Waals surface area contributed by atoms with Gasteiger partial charge in [0.15, 0.2) is 0 Å². The second kappa shape index (κ2) is 17.9. The van der Waals surface area contributed by atoms with Crippen LogP contribution in [0.15, 0.2) is 69.9 Å². The van der Waals surface area contributed by atoms with Gasteiger partial charge >= 0.3 is 6.03 Å². The number of nitrogens with two attached hydrogens (primary N) is 1. The molecular formula is C33H41Br2N7O5. The van der Waals surface area contributed by atoms with Crippen molar-refractivity contribution in [2.24, 2.45) is 5.73 Å². The number of unbranched alkanes of at least 4 members (excludes halogenated alkanes) is 1.